The number of nitrogens with zero attached hydrogens (tertiary/aromatic N) is 12. The number of aryl methyl sites for hydroxylation is 3. The number of aromatic amines is 3. The Morgan fingerprint density at radius 2 is 0.656 bits per heavy atom. The van der Waals surface area contributed by atoms with E-state index in [0.717, 1.165) is 82.8 Å². The van der Waals surface area contributed by atoms with E-state index in [1.165, 1.54) is 0 Å². The predicted octanol–water partition coefficient (Wildman–Crippen LogP) is 14.4. The highest BCUT2D eigenvalue weighted by molar-refractivity contribution is 6.41. The zero-order valence-electron chi connectivity index (χ0n) is 51.2. The Balaban J connectivity index is 0.000000130. The van der Waals surface area contributed by atoms with E-state index in [9.17, 15) is 14.4 Å². The van der Waals surface area contributed by atoms with E-state index < -0.39 is 0 Å². The molecule has 0 unspecified atom stereocenters. The van der Waals surface area contributed by atoms with E-state index in [1.54, 1.807) is 50.8 Å². The molecule has 0 fully saturated rings. The molecule has 0 amide bonds. The van der Waals surface area contributed by atoms with Crippen molar-refractivity contribution in [2.24, 2.45) is 38.3 Å². The summed E-state index contributed by atoms with van der Waals surface area (Å²) in [6, 6.07) is 45.1. The second kappa shape index (κ2) is 25.8. The minimum atomic E-state index is -0.275. The van der Waals surface area contributed by atoms with Crippen LogP contribution in [0.25, 0.3) is 146 Å². The van der Waals surface area contributed by atoms with Crippen molar-refractivity contribution in [2.45, 2.75) is 19.6 Å². The van der Waals surface area contributed by atoms with Gasteiger partial charge in [0.15, 0.2) is 17.1 Å². The van der Waals surface area contributed by atoms with Gasteiger partial charge in [-0.15, -0.1) is 0 Å². The summed E-state index contributed by atoms with van der Waals surface area (Å²) in [5, 5.41) is 43.4. The van der Waals surface area contributed by atoms with Crippen LogP contribution < -0.4 is 33.9 Å². The molecule has 9 N–H and O–H groups in total. The third-order valence-corrected chi connectivity index (χ3v) is 18.1. The average Bonchev–Trinajstić information content (AvgIpc) is 1.37. The first-order valence-electron chi connectivity index (χ1n) is 29.6. The minimum absolute atomic E-state index is 0.189. The predicted molar refractivity (Wildman–Crippen MR) is 380 cm³/mol. The molecule has 0 saturated carbocycles. The van der Waals surface area contributed by atoms with Crippen molar-refractivity contribution in [3.05, 3.63) is 262 Å². The molecule has 0 aliphatic carbocycles. The third kappa shape index (κ3) is 10.9. The highest BCUT2D eigenvalue weighted by atomic mass is 35.5. The number of nitrogens with two attached hydrogens (primary N) is 3. The Labute approximate surface area is 560 Å². The summed E-state index contributed by atoms with van der Waals surface area (Å²) in [6.45, 7) is 23.9. The monoisotopic (exact) mass is 1320 g/mol. The van der Waals surface area contributed by atoms with Crippen LogP contribution in [0.15, 0.2) is 179 Å². The van der Waals surface area contributed by atoms with Gasteiger partial charge in [-0.25, -0.2) is 29.8 Å². The standard InChI is InChI=1S/3C24H17ClN6O/c3*1-27-19-10-13-5-3-4-6-15(13)22(25)21(19)23-18(12-28-31(23)2)14-7-8-16-17(9-14)20(11-26)29-30-24(16)32/h3*3-10,12H,11,26H2,2H3,(H,30,32). The Morgan fingerprint density at radius 3 is 0.917 bits per heavy atom. The number of benzene rings is 9. The van der Waals surface area contributed by atoms with E-state index in [1.807, 2.05) is 149 Å². The molecule has 15 aromatic rings. The van der Waals surface area contributed by atoms with Gasteiger partial charge in [0.1, 0.15) is 0 Å². The van der Waals surface area contributed by atoms with Gasteiger partial charge in [0.25, 0.3) is 16.7 Å². The summed E-state index contributed by atoms with van der Waals surface area (Å²) in [4.78, 5) is 47.9. The Kier molecular flexibility index (Phi) is 16.9. The first-order chi connectivity index (χ1) is 46.6. The molecule has 0 atom stereocenters. The van der Waals surface area contributed by atoms with E-state index >= 15 is 0 Å². The molecule has 24 heteroatoms. The highest BCUT2D eigenvalue weighted by Crippen LogP contribution is 2.49. The molecule has 0 spiro atoms. The van der Waals surface area contributed by atoms with Crippen molar-refractivity contribution in [1.82, 2.24) is 59.9 Å². The van der Waals surface area contributed by atoms with E-state index in [2.05, 4.69) is 60.4 Å². The van der Waals surface area contributed by atoms with Gasteiger partial charge in [0, 0.05) is 105 Å². The smallest absolute Gasteiger partial charge is 0.272 e. The number of fused-ring (bicyclic) bond motifs is 6. The van der Waals surface area contributed by atoms with Crippen molar-refractivity contribution in [3.8, 4) is 67.2 Å². The summed E-state index contributed by atoms with van der Waals surface area (Å²) in [6.07, 6.45) is 5.20. The average molecular weight is 1320 g/mol. The van der Waals surface area contributed by atoms with Gasteiger partial charge < -0.3 is 17.2 Å². The Morgan fingerprint density at radius 1 is 0.385 bits per heavy atom. The Hall–Kier alpha value is -12.0. The summed E-state index contributed by atoms with van der Waals surface area (Å²) in [5.41, 5.74) is 28.7. The number of H-pyrrole nitrogens is 3. The molecule has 0 aliphatic rings. The lowest BCUT2D eigenvalue weighted by Crippen LogP contribution is -2.13. The summed E-state index contributed by atoms with van der Waals surface area (Å²) in [5.74, 6) is 0. The van der Waals surface area contributed by atoms with Crippen LogP contribution in [-0.2, 0) is 40.8 Å². The van der Waals surface area contributed by atoms with E-state index in [-0.39, 0.29) is 36.3 Å². The van der Waals surface area contributed by atoms with Crippen molar-refractivity contribution >= 4 is 116 Å². The molecule has 0 saturated heterocycles. The summed E-state index contributed by atoms with van der Waals surface area (Å²) < 4.78 is 5.14. The summed E-state index contributed by atoms with van der Waals surface area (Å²) in [7, 11) is 5.45. The fourth-order valence-electron chi connectivity index (χ4n) is 12.3. The van der Waals surface area contributed by atoms with Gasteiger partial charge >= 0.3 is 0 Å². The van der Waals surface area contributed by atoms with Crippen LogP contribution in [0.4, 0.5) is 17.1 Å². The highest BCUT2D eigenvalue weighted by Gasteiger charge is 2.26. The minimum Gasteiger partial charge on any atom is -0.325 e. The molecule has 0 bridgehead atoms. The first kappa shape index (κ1) is 62.8. The summed E-state index contributed by atoms with van der Waals surface area (Å²) >= 11 is 20.6. The number of hydrogen-bond acceptors (Lipinski definition) is 12. The molecule has 96 heavy (non-hydrogen) atoms. The van der Waals surface area contributed by atoms with Crippen LogP contribution in [-0.4, -0.2) is 59.9 Å². The first-order valence-corrected chi connectivity index (χ1v) is 30.7. The second-order valence-electron chi connectivity index (χ2n) is 22.2. The molecule has 6 heterocycles. The van der Waals surface area contributed by atoms with Crippen LogP contribution >= 0.6 is 34.8 Å². The zero-order valence-corrected chi connectivity index (χ0v) is 53.4. The van der Waals surface area contributed by atoms with Gasteiger partial charge in [-0.1, -0.05) is 126 Å². The van der Waals surface area contributed by atoms with Gasteiger partial charge in [-0.3, -0.25) is 28.4 Å². The molecule has 468 valence electrons. The molecule has 0 radical (unpaired) electrons. The molecular formula is C72H51Cl3N18O3. The van der Waals surface area contributed by atoms with E-state index in [4.69, 9.17) is 71.7 Å². The lowest BCUT2D eigenvalue weighted by Gasteiger charge is -2.14. The van der Waals surface area contributed by atoms with E-state index in [0.29, 0.717) is 98.2 Å². The number of aromatic nitrogens is 12. The van der Waals surface area contributed by atoms with Gasteiger partial charge in [0.05, 0.1) is 88.6 Å². The third-order valence-electron chi connectivity index (χ3n) is 16.9. The van der Waals surface area contributed by atoms with Gasteiger partial charge in [0.2, 0.25) is 0 Å². The number of rotatable bonds is 9. The number of nitrogens with one attached hydrogen (secondary N) is 3. The molecule has 9 aromatic carbocycles. The van der Waals surface area contributed by atoms with Crippen LogP contribution in [0.2, 0.25) is 15.1 Å². The topological polar surface area (TPSA) is 282 Å². The fourth-order valence-corrected chi connectivity index (χ4v) is 13.3. The van der Waals surface area contributed by atoms with Crippen LogP contribution in [0, 0.1) is 19.7 Å². The van der Waals surface area contributed by atoms with Crippen molar-refractivity contribution in [1.29, 1.82) is 0 Å². The van der Waals surface area contributed by atoms with Crippen LogP contribution in [0.3, 0.4) is 0 Å². The molecule has 21 nitrogen and oxygen atoms in total. The van der Waals surface area contributed by atoms with Crippen molar-refractivity contribution < 1.29 is 0 Å². The van der Waals surface area contributed by atoms with Crippen LogP contribution in [0.5, 0.6) is 0 Å². The fraction of sp³-hybridized carbons (Fsp3) is 0.0833. The van der Waals surface area contributed by atoms with Crippen LogP contribution in [0.1, 0.15) is 17.1 Å². The largest absolute Gasteiger partial charge is 0.325 e. The molecule has 6 aromatic heterocycles. The second-order valence-corrected chi connectivity index (χ2v) is 23.4. The molecule has 0 aliphatic heterocycles. The zero-order chi connectivity index (χ0) is 67.2. The van der Waals surface area contributed by atoms with Crippen molar-refractivity contribution in [3.63, 3.8) is 0 Å². The Bertz CT molecular complexity index is 5460. The SMILES string of the molecule is [C-]#[N+]c1cc2ccccc2c(Cl)c1-c1c(-c2ccc3c(=O)[nH]nc(CN)c3c2)cnn1C.[C-]#[N+]c1cc2ccccc2c(Cl)c1-c1c(-c2ccc3c(=O)[nH]nc(CN)c3c2)cnn1C.[C-]#[N+]c1cc2ccccc2c(Cl)c1-c1c(-c2ccc3c(=O)[nH]nc(CN)c3c2)cnn1C. The lowest BCUT2D eigenvalue weighted by molar-refractivity contribution is 0.776. The maximum absolute atomic E-state index is 12.2. The normalized spacial score (nSPS) is 11.2. The maximum atomic E-state index is 12.2. The molecule has 15 rings (SSSR count). The quantitative estimate of drug-likeness (QED) is 0.0736. The maximum Gasteiger partial charge on any atom is 0.272 e. The number of halogens is 3. The van der Waals surface area contributed by atoms with Gasteiger partial charge in [-0.2, -0.15) is 30.6 Å². The lowest BCUT2D eigenvalue weighted by atomic mass is 9.96. The van der Waals surface area contributed by atoms with Crippen molar-refractivity contribution in [2.75, 3.05) is 0 Å². The molecular weight excluding hydrogens is 1270 g/mol. The number of hydrogen-bond donors (Lipinski definition) is 6. The van der Waals surface area contributed by atoms with Gasteiger partial charge in [-0.05, 0) is 104 Å².